The molecule has 0 spiro atoms. The second-order valence-electron chi connectivity index (χ2n) is 2.99. The van der Waals surface area contributed by atoms with Crippen molar-refractivity contribution in [3.8, 4) is 0 Å². The van der Waals surface area contributed by atoms with Gasteiger partial charge in [-0.05, 0) is 11.6 Å². The maximum atomic E-state index is 11.1. The second-order valence-corrected chi connectivity index (χ2v) is 2.99. The SMILES string of the molecule is CC.CC.CCC(=O)CC(N)c1cccnc1. The topological polar surface area (TPSA) is 56.0 Å². The van der Waals surface area contributed by atoms with Gasteiger partial charge in [-0.25, -0.2) is 0 Å². The van der Waals surface area contributed by atoms with Gasteiger partial charge in [0.15, 0.2) is 0 Å². The van der Waals surface area contributed by atoms with Gasteiger partial charge in [-0.15, -0.1) is 0 Å². The van der Waals surface area contributed by atoms with Gasteiger partial charge in [0.25, 0.3) is 0 Å². The number of aromatic nitrogens is 1. The van der Waals surface area contributed by atoms with Crippen LogP contribution in [-0.2, 0) is 4.79 Å². The van der Waals surface area contributed by atoms with Crippen LogP contribution in [0, 0.1) is 0 Å². The van der Waals surface area contributed by atoms with Gasteiger partial charge in [0.1, 0.15) is 5.78 Å². The zero-order chi connectivity index (χ0) is 13.7. The maximum absolute atomic E-state index is 11.1. The van der Waals surface area contributed by atoms with Crippen LogP contribution in [0.25, 0.3) is 0 Å². The van der Waals surface area contributed by atoms with E-state index in [9.17, 15) is 4.79 Å². The first-order valence-corrected chi connectivity index (χ1v) is 6.41. The molecule has 0 aliphatic carbocycles. The van der Waals surface area contributed by atoms with E-state index >= 15 is 0 Å². The molecule has 0 fully saturated rings. The largest absolute Gasteiger partial charge is 0.324 e. The molecule has 1 heterocycles. The first-order chi connectivity index (χ1) is 8.24. The number of hydrogen-bond acceptors (Lipinski definition) is 3. The highest BCUT2D eigenvalue weighted by Gasteiger charge is 2.09. The molecule has 0 aliphatic heterocycles. The van der Waals surface area contributed by atoms with E-state index in [4.69, 9.17) is 5.73 Å². The highest BCUT2D eigenvalue weighted by Crippen LogP contribution is 2.12. The van der Waals surface area contributed by atoms with Gasteiger partial charge in [-0.2, -0.15) is 0 Å². The Morgan fingerprint density at radius 2 is 1.94 bits per heavy atom. The molecule has 0 aliphatic rings. The zero-order valence-electron chi connectivity index (χ0n) is 11.7. The Hall–Kier alpha value is -1.22. The highest BCUT2D eigenvalue weighted by molar-refractivity contribution is 5.78. The zero-order valence-corrected chi connectivity index (χ0v) is 11.7. The van der Waals surface area contributed by atoms with E-state index in [1.807, 2.05) is 46.8 Å². The van der Waals surface area contributed by atoms with Crippen molar-refractivity contribution < 1.29 is 4.79 Å². The number of rotatable bonds is 4. The smallest absolute Gasteiger partial charge is 0.134 e. The monoisotopic (exact) mass is 238 g/mol. The third-order valence-corrected chi connectivity index (χ3v) is 1.95. The molecule has 1 aromatic rings. The van der Waals surface area contributed by atoms with Crippen LogP contribution < -0.4 is 5.73 Å². The van der Waals surface area contributed by atoms with Crippen molar-refractivity contribution in [3.05, 3.63) is 30.1 Å². The molecule has 1 aromatic heterocycles. The summed E-state index contributed by atoms with van der Waals surface area (Å²) < 4.78 is 0. The van der Waals surface area contributed by atoms with E-state index in [2.05, 4.69) is 4.98 Å². The van der Waals surface area contributed by atoms with E-state index in [0.29, 0.717) is 12.8 Å². The van der Waals surface area contributed by atoms with Crippen molar-refractivity contribution >= 4 is 5.78 Å². The van der Waals surface area contributed by atoms with E-state index in [1.54, 1.807) is 12.4 Å². The fourth-order valence-electron chi connectivity index (χ4n) is 1.10. The lowest BCUT2D eigenvalue weighted by molar-refractivity contribution is -0.119. The molecular weight excluding hydrogens is 212 g/mol. The molecule has 0 saturated carbocycles. The average molecular weight is 238 g/mol. The third kappa shape index (κ3) is 8.57. The predicted octanol–water partition coefficient (Wildman–Crippen LogP) is 3.50. The lowest BCUT2D eigenvalue weighted by Crippen LogP contribution is -2.14. The van der Waals surface area contributed by atoms with Crippen LogP contribution in [0.15, 0.2) is 24.5 Å². The Balaban J connectivity index is 0. The molecule has 0 radical (unpaired) electrons. The molecule has 0 bridgehead atoms. The second kappa shape index (κ2) is 12.8. The third-order valence-electron chi connectivity index (χ3n) is 1.95. The molecule has 2 N–H and O–H groups in total. The van der Waals surface area contributed by atoms with Crippen molar-refractivity contribution in [1.82, 2.24) is 4.98 Å². The summed E-state index contributed by atoms with van der Waals surface area (Å²) in [5, 5.41) is 0. The number of pyridine rings is 1. The van der Waals surface area contributed by atoms with Gasteiger partial charge >= 0.3 is 0 Å². The Morgan fingerprint density at radius 1 is 1.35 bits per heavy atom. The summed E-state index contributed by atoms with van der Waals surface area (Å²) in [5.74, 6) is 0.191. The highest BCUT2D eigenvalue weighted by atomic mass is 16.1. The molecule has 3 nitrogen and oxygen atoms in total. The maximum Gasteiger partial charge on any atom is 0.134 e. The molecule has 0 amide bonds. The Kier molecular flexibility index (Phi) is 13.7. The number of hydrogen-bond donors (Lipinski definition) is 1. The van der Waals surface area contributed by atoms with Crippen molar-refractivity contribution in [2.24, 2.45) is 5.73 Å². The van der Waals surface area contributed by atoms with Crippen molar-refractivity contribution in [1.29, 1.82) is 0 Å². The van der Waals surface area contributed by atoms with Crippen LogP contribution in [0.5, 0.6) is 0 Å². The van der Waals surface area contributed by atoms with Crippen LogP contribution in [-0.4, -0.2) is 10.8 Å². The van der Waals surface area contributed by atoms with E-state index in [0.717, 1.165) is 5.56 Å². The van der Waals surface area contributed by atoms with Crippen LogP contribution in [0.1, 0.15) is 59.1 Å². The summed E-state index contributed by atoms with van der Waals surface area (Å²) in [5.41, 5.74) is 6.73. The van der Waals surface area contributed by atoms with Crippen LogP contribution >= 0.6 is 0 Å². The van der Waals surface area contributed by atoms with Crippen molar-refractivity contribution in [2.75, 3.05) is 0 Å². The number of nitrogens with two attached hydrogens (primary N) is 1. The first kappa shape index (κ1) is 18.2. The molecule has 0 aromatic carbocycles. The quantitative estimate of drug-likeness (QED) is 0.873. The molecule has 1 atom stereocenters. The van der Waals surface area contributed by atoms with Crippen molar-refractivity contribution in [3.63, 3.8) is 0 Å². The van der Waals surface area contributed by atoms with Crippen LogP contribution in [0.3, 0.4) is 0 Å². The summed E-state index contributed by atoms with van der Waals surface area (Å²) in [4.78, 5) is 15.0. The molecule has 98 valence electrons. The number of Topliss-reactive ketones (excluding diaryl/α,β-unsaturated/α-hetero) is 1. The lowest BCUT2D eigenvalue weighted by Gasteiger charge is -2.09. The van der Waals surface area contributed by atoms with Gasteiger partial charge < -0.3 is 5.73 Å². The summed E-state index contributed by atoms with van der Waals surface area (Å²) in [6.07, 6.45) is 4.35. The van der Waals surface area contributed by atoms with Gasteiger partial charge in [0.05, 0.1) is 0 Å². The Labute approximate surface area is 105 Å². The fraction of sp³-hybridized carbons (Fsp3) is 0.571. The average Bonchev–Trinajstić information content (AvgIpc) is 2.44. The molecular formula is C14H26N2O. The molecule has 0 saturated heterocycles. The van der Waals surface area contributed by atoms with Gasteiger partial charge in [0.2, 0.25) is 0 Å². The Bertz CT molecular complexity index is 273. The van der Waals surface area contributed by atoms with Crippen molar-refractivity contribution in [2.45, 2.75) is 53.5 Å². The minimum atomic E-state index is -0.207. The van der Waals surface area contributed by atoms with E-state index in [1.165, 1.54) is 0 Å². The summed E-state index contributed by atoms with van der Waals surface area (Å²) in [7, 11) is 0. The first-order valence-electron chi connectivity index (χ1n) is 6.41. The number of carbonyl (C=O) groups excluding carboxylic acids is 1. The predicted molar refractivity (Wildman–Crippen MR) is 73.8 cm³/mol. The van der Waals surface area contributed by atoms with Crippen LogP contribution in [0.2, 0.25) is 0 Å². The Morgan fingerprint density at radius 3 is 2.35 bits per heavy atom. The lowest BCUT2D eigenvalue weighted by atomic mass is 10.0. The van der Waals surface area contributed by atoms with Crippen LogP contribution in [0.4, 0.5) is 0 Å². The molecule has 17 heavy (non-hydrogen) atoms. The molecule has 1 rings (SSSR count). The van der Waals surface area contributed by atoms with Gasteiger partial charge in [0, 0.05) is 31.3 Å². The summed E-state index contributed by atoms with van der Waals surface area (Å²) >= 11 is 0. The number of nitrogens with zero attached hydrogens (tertiary/aromatic N) is 1. The molecule has 3 heteroatoms. The minimum absolute atomic E-state index is 0.191. The van der Waals surface area contributed by atoms with Gasteiger partial charge in [-0.1, -0.05) is 40.7 Å². The summed E-state index contributed by atoms with van der Waals surface area (Å²) in [6.45, 7) is 9.85. The standard InChI is InChI=1S/C10H14N2O.2C2H6/c1-2-9(13)6-10(11)8-4-3-5-12-7-8;2*1-2/h3-5,7,10H,2,6,11H2,1H3;2*1-2H3. The summed E-state index contributed by atoms with van der Waals surface area (Å²) in [6, 6.07) is 3.51. The molecule has 1 unspecified atom stereocenters. The minimum Gasteiger partial charge on any atom is -0.324 e. The fourth-order valence-corrected chi connectivity index (χ4v) is 1.10. The van der Waals surface area contributed by atoms with E-state index in [-0.39, 0.29) is 11.8 Å². The van der Waals surface area contributed by atoms with Gasteiger partial charge in [-0.3, -0.25) is 9.78 Å². The van der Waals surface area contributed by atoms with E-state index < -0.39 is 0 Å². The number of carbonyl (C=O) groups is 1. The number of ketones is 1. The normalized spacial score (nSPS) is 10.2.